The molecule has 5 heteroatoms. The van der Waals surface area contributed by atoms with Crippen LogP contribution in [0.25, 0.3) is 0 Å². The molecule has 2 fully saturated rings. The van der Waals surface area contributed by atoms with Gasteiger partial charge in [-0.05, 0) is 19.3 Å². The maximum atomic E-state index is 12.1. The zero-order valence-corrected chi connectivity index (χ0v) is 9.85. The number of aliphatic carboxylic acids is 1. The Balaban J connectivity index is 2.26. The summed E-state index contributed by atoms with van der Waals surface area (Å²) in [6.45, 7) is 1.64. The summed E-state index contributed by atoms with van der Waals surface area (Å²) in [6.07, 6.45) is 3.50. The molecule has 17 heavy (non-hydrogen) atoms. The summed E-state index contributed by atoms with van der Waals surface area (Å²) in [5.41, 5.74) is 0. The smallest absolute Gasteiger partial charge is 0.233 e. The molecule has 0 N–H and O–H groups in total. The number of imide groups is 1. The molecular weight excluding hydrogens is 222 g/mol. The van der Waals surface area contributed by atoms with Crippen molar-refractivity contribution in [1.29, 1.82) is 0 Å². The summed E-state index contributed by atoms with van der Waals surface area (Å²) in [6, 6.07) is -1.10. The second-order valence-corrected chi connectivity index (χ2v) is 4.79. The van der Waals surface area contributed by atoms with E-state index >= 15 is 0 Å². The number of amides is 2. The molecule has 0 unspecified atom stereocenters. The lowest BCUT2D eigenvalue weighted by molar-refractivity contribution is -0.311. The standard InChI is InChI=1S/C12H17NO4/c1-2-9(12(16)17)13-10(14)7-5-3-4-6-8(7)11(13)15/h7-9H,2-6H2,1H3,(H,16,17)/p-1/t7-,8+,9-/m0/s1. The number of carboxylic acid groups (broad SMARTS) is 1. The summed E-state index contributed by atoms with van der Waals surface area (Å²) in [7, 11) is 0. The fourth-order valence-electron chi connectivity index (χ4n) is 2.95. The first kappa shape index (κ1) is 12.1. The Morgan fingerprint density at radius 2 is 1.76 bits per heavy atom. The molecule has 0 radical (unpaired) electrons. The molecule has 0 aromatic heterocycles. The van der Waals surface area contributed by atoms with Gasteiger partial charge in [0, 0.05) is 0 Å². The number of fused-ring (bicyclic) bond motifs is 1. The average molecular weight is 238 g/mol. The number of hydrogen-bond donors (Lipinski definition) is 0. The first-order valence-corrected chi connectivity index (χ1v) is 6.15. The minimum atomic E-state index is -1.34. The highest BCUT2D eigenvalue weighted by atomic mass is 16.4. The van der Waals surface area contributed by atoms with Crippen molar-refractivity contribution in [2.45, 2.75) is 45.1 Å². The molecule has 1 saturated carbocycles. The van der Waals surface area contributed by atoms with Gasteiger partial charge in [-0.3, -0.25) is 14.5 Å². The molecule has 94 valence electrons. The van der Waals surface area contributed by atoms with Crippen LogP contribution in [0.3, 0.4) is 0 Å². The van der Waals surface area contributed by atoms with Gasteiger partial charge in [0.1, 0.15) is 0 Å². The summed E-state index contributed by atoms with van der Waals surface area (Å²) in [4.78, 5) is 36.0. The molecule has 1 aliphatic carbocycles. The van der Waals surface area contributed by atoms with Crippen LogP contribution in [0.4, 0.5) is 0 Å². The van der Waals surface area contributed by atoms with Crippen molar-refractivity contribution in [3.05, 3.63) is 0 Å². The molecule has 2 amide bonds. The van der Waals surface area contributed by atoms with E-state index < -0.39 is 12.0 Å². The maximum absolute atomic E-state index is 12.1. The molecule has 0 bridgehead atoms. The number of carbonyl (C=O) groups excluding carboxylic acids is 3. The van der Waals surface area contributed by atoms with Gasteiger partial charge in [-0.2, -0.15) is 0 Å². The van der Waals surface area contributed by atoms with Crippen molar-refractivity contribution in [3.63, 3.8) is 0 Å². The van der Waals surface area contributed by atoms with Gasteiger partial charge in [0.05, 0.1) is 23.8 Å². The first-order chi connectivity index (χ1) is 8.07. The Morgan fingerprint density at radius 1 is 1.29 bits per heavy atom. The number of carbonyl (C=O) groups is 3. The minimum Gasteiger partial charge on any atom is -0.548 e. The van der Waals surface area contributed by atoms with Crippen LogP contribution in [-0.4, -0.2) is 28.7 Å². The Kier molecular flexibility index (Phi) is 3.17. The van der Waals surface area contributed by atoms with Gasteiger partial charge in [0.15, 0.2) is 0 Å². The molecule has 2 rings (SSSR count). The molecule has 1 saturated heterocycles. The van der Waals surface area contributed by atoms with Gasteiger partial charge in [-0.25, -0.2) is 0 Å². The van der Waals surface area contributed by atoms with Crippen molar-refractivity contribution in [1.82, 2.24) is 4.90 Å². The number of rotatable bonds is 3. The first-order valence-electron chi connectivity index (χ1n) is 6.15. The number of hydrogen-bond acceptors (Lipinski definition) is 4. The van der Waals surface area contributed by atoms with Gasteiger partial charge >= 0.3 is 0 Å². The summed E-state index contributed by atoms with van der Waals surface area (Å²) in [5.74, 6) is -2.53. The fourth-order valence-corrected chi connectivity index (χ4v) is 2.95. The largest absolute Gasteiger partial charge is 0.548 e. The molecule has 1 heterocycles. The predicted octanol–water partition coefficient (Wildman–Crippen LogP) is -0.310. The Hall–Kier alpha value is -1.39. The van der Waals surface area contributed by atoms with E-state index in [1.807, 2.05) is 0 Å². The van der Waals surface area contributed by atoms with Gasteiger partial charge in [-0.15, -0.1) is 0 Å². The third-order valence-corrected chi connectivity index (χ3v) is 3.85. The van der Waals surface area contributed by atoms with Crippen molar-refractivity contribution in [3.8, 4) is 0 Å². The van der Waals surface area contributed by atoms with Crippen molar-refractivity contribution in [2.24, 2.45) is 11.8 Å². The highest BCUT2D eigenvalue weighted by Gasteiger charge is 2.50. The maximum Gasteiger partial charge on any atom is 0.233 e. The molecule has 2 aliphatic rings. The monoisotopic (exact) mass is 238 g/mol. The molecule has 0 spiro atoms. The van der Waals surface area contributed by atoms with Crippen LogP contribution in [0.15, 0.2) is 0 Å². The zero-order valence-electron chi connectivity index (χ0n) is 9.85. The number of nitrogens with zero attached hydrogens (tertiary/aromatic N) is 1. The van der Waals surface area contributed by atoms with Gasteiger partial charge < -0.3 is 9.90 Å². The van der Waals surface area contributed by atoms with Crippen LogP contribution in [0.2, 0.25) is 0 Å². The molecule has 0 aromatic carbocycles. The van der Waals surface area contributed by atoms with Crippen molar-refractivity contribution in [2.75, 3.05) is 0 Å². The summed E-state index contributed by atoms with van der Waals surface area (Å²) < 4.78 is 0. The zero-order chi connectivity index (χ0) is 12.6. The normalized spacial score (nSPS) is 30.3. The van der Waals surface area contributed by atoms with E-state index in [1.165, 1.54) is 0 Å². The molecule has 1 aliphatic heterocycles. The van der Waals surface area contributed by atoms with Gasteiger partial charge in [0.2, 0.25) is 11.8 Å². The van der Waals surface area contributed by atoms with Crippen LogP contribution in [0.1, 0.15) is 39.0 Å². The molecule has 0 aromatic rings. The highest BCUT2D eigenvalue weighted by molar-refractivity contribution is 6.07. The molecular formula is C12H16NO4-. The predicted molar refractivity (Wildman–Crippen MR) is 56.4 cm³/mol. The Morgan fingerprint density at radius 3 is 2.12 bits per heavy atom. The summed E-state index contributed by atoms with van der Waals surface area (Å²) >= 11 is 0. The lowest BCUT2D eigenvalue weighted by Gasteiger charge is -2.26. The van der Waals surface area contributed by atoms with E-state index in [1.54, 1.807) is 6.92 Å². The van der Waals surface area contributed by atoms with Crippen LogP contribution >= 0.6 is 0 Å². The fraction of sp³-hybridized carbons (Fsp3) is 0.750. The van der Waals surface area contributed by atoms with Crippen LogP contribution < -0.4 is 5.11 Å². The van der Waals surface area contributed by atoms with E-state index in [4.69, 9.17) is 0 Å². The topological polar surface area (TPSA) is 77.5 Å². The second kappa shape index (κ2) is 4.47. The average Bonchev–Trinajstić information content (AvgIpc) is 2.56. The lowest BCUT2D eigenvalue weighted by atomic mass is 9.81. The van der Waals surface area contributed by atoms with E-state index in [9.17, 15) is 19.5 Å². The highest BCUT2D eigenvalue weighted by Crippen LogP contribution is 2.39. The third-order valence-electron chi connectivity index (χ3n) is 3.85. The van der Waals surface area contributed by atoms with Crippen molar-refractivity contribution < 1.29 is 19.5 Å². The SMILES string of the molecule is CC[C@@H](C(=O)[O-])N1C(=O)[C@H]2CCCC[C@H]2C1=O. The van der Waals surface area contributed by atoms with Crippen LogP contribution in [0.5, 0.6) is 0 Å². The Labute approximate surface area is 99.8 Å². The minimum absolute atomic E-state index is 0.208. The van der Waals surface area contributed by atoms with Gasteiger partial charge in [0.25, 0.3) is 0 Å². The Bertz CT molecular complexity index is 342. The van der Waals surface area contributed by atoms with Crippen molar-refractivity contribution >= 4 is 17.8 Å². The van der Waals surface area contributed by atoms with Crippen LogP contribution in [-0.2, 0) is 14.4 Å². The van der Waals surface area contributed by atoms with E-state index in [0.29, 0.717) is 12.8 Å². The number of likely N-dealkylation sites (tertiary alicyclic amines) is 1. The van der Waals surface area contributed by atoms with E-state index in [2.05, 4.69) is 0 Å². The van der Waals surface area contributed by atoms with Crippen LogP contribution in [0, 0.1) is 11.8 Å². The lowest BCUT2D eigenvalue weighted by Crippen LogP contribution is -2.50. The quantitative estimate of drug-likeness (QED) is 0.632. The van der Waals surface area contributed by atoms with E-state index in [-0.39, 0.29) is 30.1 Å². The molecule has 5 nitrogen and oxygen atoms in total. The van der Waals surface area contributed by atoms with Gasteiger partial charge in [-0.1, -0.05) is 19.8 Å². The summed E-state index contributed by atoms with van der Waals surface area (Å²) in [5, 5.41) is 11.0. The number of carboxylic acids is 1. The third kappa shape index (κ3) is 1.83. The van der Waals surface area contributed by atoms with E-state index in [0.717, 1.165) is 17.7 Å². The second-order valence-electron chi connectivity index (χ2n) is 4.79. The molecule has 3 atom stereocenters.